The molecule has 2 rings (SSSR count). The Morgan fingerprint density at radius 1 is 1.15 bits per heavy atom. The van der Waals surface area contributed by atoms with Gasteiger partial charge in [0.05, 0.1) is 13.5 Å². The molecule has 0 N–H and O–H groups in total. The van der Waals surface area contributed by atoms with Crippen LogP contribution in [0.15, 0.2) is 30.3 Å². The van der Waals surface area contributed by atoms with Crippen molar-refractivity contribution in [2.75, 3.05) is 13.7 Å². The Bertz CT molecular complexity index is 667. The highest BCUT2D eigenvalue weighted by molar-refractivity contribution is 5.82. The molecule has 0 radical (unpaired) electrons. The van der Waals surface area contributed by atoms with E-state index in [4.69, 9.17) is 14.2 Å². The van der Waals surface area contributed by atoms with Crippen LogP contribution in [0.1, 0.15) is 39.2 Å². The van der Waals surface area contributed by atoms with Gasteiger partial charge in [-0.1, -0.05) is 30.3 Å². The monoisotopic (exact) mass is 377 g/mol. The molecule has 1 aromatic rings. The fraction of sp³-hybridized carbons (Fsp3) is 0.550. The van der Waals surface area contributed by atoms with E-state index in [-0.39, 0.29) is 31.5 Å². The maximum atomic E-state index is 12.5. The molecule has 1 aliphatic rings. The number of benzene rings is 1. The number of ether oxygens (including phenoxy) is 3. The fourth-order valence-corrected chi connectivity index (χ4v) is 3.05. The molecular formula is C20H27NO6. The Labute approximate surface area is 159 Å². The van der Waals surface area contributed by atoms with E-state index < -0.39 is 23.7 Å². The van der Waals surface area contributed by atoms with Gasteiger partial charge in [0.1, 0.15) is 18.2 Å². The molecule has 148 valence electrons. The zero-order valence-electron chi connectivity index (χ0n) is 16.3. The predicted molar refractivity (Wildman–Crippen MR) is 97.7 cm³/mol. The molecule has 0 bridgehead atoms. The van der Waals surface area contributed by atoms with Crippen LogP contribution in [0.2, 0.25) is 0 Å². The highest BCUT2D eigenvalue weighted by Gasteiger charge is 2.42. The van der Waals surface area contributed by atoms with Crippen LogP contribution in [-0.2, 0) is 30.4 Å². The molecule has 2 atom stereocenters. The minimum Gasteiger partial charge on any atom is -0.467 e. The van der Waals surface area contributed by atoms with E-state index in [0.29, 0.717) is 6.42 Å². The lowest BCUT2D eigenvalue weighted by atomic mass is 10.0. The van der Waals surface area contributed by atoms with E-state index >= 15 is 0 Å². The van der Waals surface area contributed by atoms with Crippen molar-refractivity contribution >= 4 is 18.0 Å². The van der Waals surface area contributed by atoms with Gasteiger partial charge in [0, 0.05) is 6.54 Å². The predicted octanol–water partition coefficient (Wildman–Crippen LogP) is 2.92. The first-order chi connectivity index (χ1) is 12.7. The molecule has 1 fully saturated rings. The van der Waals surface area contributed by atoms with E-state index in [2.05, 4.69) is 0 Å². The summed E-state index contributed by atoms with van der Waals surface area (Å²) in [5, 5.41) is 0. The van der Waals surface area contributed by atoms with E-state index in [1.54, 1.807) is 20.8 Å². The van der Waals surface area contributed by atoms with E-state index in [1.165, 1.54) is 12.0 Å². The number of esters is 2. The van der Waals surface area contributed by atoms with Crippen molar-refractivity contribution in [3.8, 4) is 0 Å². The summed E-state index contributed by atoms with van der Waals surface area (Å²) in [6.07, 6.45) is -0.125. The van der Waals surface area contributed by atoms with Gasteiger partial charge in [0.25, 0.3) is 0 Å². The second kappa shape index (κ2) is 8.88. The maximum Gasteiger partial charge on any atom is 0.410 e. The number of nitrogens with zero attached hydrogens (tertiary/aromatic N) is 1. The zero-order valence-corrected chi connectivity index (χ0v) is 16.3. The third kappa shape index (κ3) is 6.27. The van der Waals surface area contributed by atoms with Crippen molar-refractivity contribution in [2.24, 2.45) is 5.92 Å². The number of likely N-dealkylation sites (tertiary alicyclic amines) is 1. The highest BCUT2D eigenvalue weighted by atomic mass is 16.6. The molecule has 1 amide bonds. The van der Waals surface area contributed by atoms with Gasteiger partial charge in [0.2, 0.25) is 0 Å². The quantitative estimate of drug-likeness (QED) is 0.580. The van der Waals surface area contributed by atoms with Crippen molar-refractivity contribution in [3.05, 3.63) is 35.9 Å². The molecule has 27 heavy (non-hydrogen) atoms. The van der Waals surface area contributed by atoms with Gasteiger partial charge in [0.15, 0.2) is 0 Å². The van der Waals surface area contributed by atoms with Crippen LogP contribution in [0.3, 0.4) is 0 Å². The highest BCUT2D eigenvalue weighted by Crippen LogP contribution is 2.28. The SMILES string of the molecule is COC(=O)[C@@H]1CC(CC(=O)OC(C)(C)C)CN1C(=O)OCc1ccccc1. The second-order valence-corrected chi connectivity index (χ2v) is 7.62. The van der Waals surface area contributed by atoms with Crippen LogP contribution in [0, 0.1) is 5.92 Å². The Balaban J connectivity index is 1.98. The number of carbonyl (C=O) groups is 3. The van der Waals surface area contributed by atoms with Gasteiger partial charge in [-0.05, 0) is 38.7 Å². The third-order valence-electron chi connectivity index (χ3n) is 4.18. The smallest absolute Gasteiger partial charge is 0.410 e. The summed E-state index contributed by atoms with van der Waals surface area (Å²) in [6, 6.07) is 8.52. The normalized spacial score (nSPS) is 19.5. The topological polar surface area (TPSA) is 82.1 Å². The lowest BCUT2D eigenvalue weighted by molar-refractivity contribution is -0.156. The summed E-state index contributed by atoms with van der Waals surface area (Å²) < 4.78 is 15.5. The molecule has 1 heterocycles. The van der Waals surface area contributed by atoms with Gasteiger partial charge in [-0.2, -0.15) is 0 Å². The van der Waals surface area contributed by atoms with Gasteiger partial charge in [-0.15, -0.1) is 0 Å². The van der Waals surface area contributed by atoms with Crippen molar-refractivity contribution in [1.82, 2.24) is 4.90 Å². The number of hydrogen-bond acceptors (Lipinski definition) is 6. The Kier molecular flexibility index (Phi) is 6.82. The van der Waals surface area contributed by atoms with Crippen LogP contribution in [0.4, 0.5) is 4.79 Å². The van der Waals surface area contributed by atoms with Crippen molar-refractivity contribution in [3.63, 3.8) is 0 Å². The first-order valence-electron chi connectivity index (χ1n) is 8.96. The molecule has 1 saturated heterocycles. The summed E-state index contributed by atoms with van der Waals surface area (Å²) in [4.78, 5) is 38.0. The Hall–Kier alpha value is -2.57. The Morgan fingerprint density at radius 2 is 1.81 bits per heavy atom. The third-order valence-corrected chi connectivity index (χ3v) is 4.18. The lowest BCUT2D eigenvalue weighted by Crippen LogP contribution is -2.41. The van der Waals surface area contributed by atoms with Crippen molar-refractivity contribution in [1.29, 1.82) is 0 Å². The summed E-state index contributed by atoms with van der Waals surface area (Å²) >= 11 is 0. The van der Waals surface area contributed by atoms with Crippen LogP contribution in [0.25, 0.3) is 0 Å². The van der Waals surface area contributed by atoms with Gasteiger partial charge >= 0.3 is 18.0 Å². The first-order valence-corrected chi connectivity index (χ1v) is 8.96. The number of methoxy groups -OCH3 is 1. The van der Waals surface area contributed by atoms with E-state index in [1.807, 2.05) is 30.3 Å². The molecule has 1 aliphatic heterocycles. The van der Waals surface area contributed by atoms with Gasteiger partial charge in [-0.25, -0.2) is 9.59 Å². The standard InChI is InChI=1S/C20H27NO6/c1-20(2,3)27-17(22)11-15-10-16(18(23)25-4)21(12-15)19(24)26-13-14-8-6-5-7-9-14/h5-9,15-16H,10-13H2,1-4H3/t15?,16-/m0/s1. The molecule has 0 spiro atoms. The maximum absolute atomic E-state index is 12.5. The number of hydrogen-bond donors (Lipinski definition) is 0. The van der Waals surface area contributed by atoms with Crippen molar-refractivity contribution in [2.45, 2.75) is 51.9 Å². The molecule has 0 aromatic heterocycles. The molecule has 1 unspecified atom stereocenters. The minimum absolute atomic E-state index is 0.112. The summed E-state index contributed by atoms with van der Waals surface area (Å²) in [6.45, 7) is 5.74. The summed E-state index contributed by atoms with van der Waals surface area (Å²) in [5.74, 6) is -1.05. The molecular weight excluding hydrogens is 350 g/mol. The average molecular weight is 377 g/mol. The van der Waals surface area contributed by atoms with Gasteiger partial charge < -0.3 is 14.2 Å². The summed E-state index contributed by atoms with van der Waals surface area (Å²) in [7, 11) is 1.27. The number of carbonyl (C=O) groups excluding carboxylic acids is 3. The number of amides is 1. The number of rotatable bonds is 5. The van der Waals surface area contributed by atoms with Crippen LogP contribution in [-0.4, -0.2) is 48.2 Å². The van der Waals surface area contributed by atoms with Crippen LogP contribution >= 0.6 is 0 Å². The molecule has 7 nitrogen and oxygen atoms in total. The molecule has 0 saturated carbocycles. The summed E-state index contributed by atoms with van der Waals surface area (Å²) in [5.41, 5.74) is 0.274. The molecule has 1 aromatic carbocycles. The van der Waals surface area contributed by atoms with Crippen LogP contribution in [0.5, 0.6) is 0 Å². The van der Waals surface area contributed by atoms with Crippen LogP contribution < -0.4 is 0 Å². The Morgan fingerprint density at radius 3 is 2.41 bits per heavy atom. The minimum atomic E-state index is -0.759. The lowest BCUT2D eigenvalue weighted by Gasteiger charge is -2.22. The molecule has 0 aliphatic carbocycles. The second-order valence-electron chi connectivity index (χ2n) is 7.62. The van der Waals surface area contributed by atoms with E-state index in [0.717, 1.165) is 5.56 Å². The molecule has 7 heteroatoms. The average Bonchev–Trinajstić information content (AvgIpc) is 3.02. The largest absolute Gasteiger partial charge is 0.467 e. The zero-order chi connectivity index (χ0) is 20.0. The van der Waals surface area contributed by atoms with Gasteiger partial charge in [-0.3, -0.25) is 9.69 Å². The first kappa shape index (κ1) is 20.7. The van der Waals surface area contributed by atoms with Crippen molar-refractivity contribution < 1.29 is 28.6 Å². The van der Waals surface area contributed by atoms with E-state index in [9.17, 15) is 14.4 Å². The fourth-order valence-electron chi connectivity index (χ4n) is 3.05.